The van der Waals surface area contributed by atoms with Gasteiger partial charge in [-0.3, -0.25) is 0 Å². The van der Waals surface area contributed by atoms with Gasteiger partial charge in [0.2, 0.25) is 0 Å². The maximum atomic E-state index is 2.42. The number of fused-ring (bicyclic) bond motifs is 8. The van der Waals surface area contributed by atoms with Crippen LogP contribution in [0.2, 0.25) is 0 Å². The van der Waals surface area contributed by atoms with Crippen molar-refractivity contribution >= 4 is 84.6 Å². The largest absolute Gasteiger partial charge is 0.135 e. The lowest BCUT2D eigenvalue weighted by molar-refractivity contribution is 1.51. The van der Waals surface area contributed by atoms with E-state index in [4.69, 9.17) is 0 Å². The predicted octanol–water partition coefficient (Wildman–Crippen LogP) is 9.35. The lowest BCUT2D eigenvalue weighted by Gasteiger charge is -2.01. The highest BCUT2D eigenvalue weighted by molar-refractivity contribution is 7.27. The van der Waals surface area contributed by atoms with Crippen LogP contribution in [0.5, 0.6) is 0 Å². The molecule has 0 spiro atoms. The summed E-state index contributed by atoms with van der Waals surface area (Å²) in [5, 5.41) is 10.9. The fourth-order valence-electron chi connectivity index (χ4n) is 4.77. The SMILES string of the molecule is Cc1ccc2cc3c(cc2c1)sc1cc2c(cc13)sc1cc3cc(C)ccc3cc12. The quantitative estimate of drug-likeness (QED) is 0.230. The average Bonchev–Trinajstić information content (AvgIpc) is 3.25. The summed E-state index contributed by atoms with van der Waals surface area (Å²) in [4.78, 5) is 0. The fraction of sp³-hybridized carbons (Fsp3) is 0.0714. The normalized spacial score (nSPS) is 12.3. The number of rotatable bonds is 0. The van der Waals surface area contributed by atoms with Gasteiger partial charge in [0.1, 0.15) is 0 Å². The van der Waals surface area contributed by atoms with Crippen molar-refractivity contribution in [3.8, 4) is 0 Å². The second-order valence-electron chi connectivity index (χ2n) is 8.45. The summed E-state index contributed by atoms with van der Waals surface area (Å²) in [5.41, 5.74) is 2.63. The maximum Gasteiger partial charge on any atom is 0.0362 e. The number of hydrogen-bond donors (Lipinski definition) is 0. The molecule has 7 rings (SSSR count). The summed E-state index contributed by atoms with van der Waals surface area (Å²) >= 11 is 3.84. The van der Waals surface area contributed by atoms with E-state index in [-0.39, 0.29) is 0 Å². The molecule has 5 aromatic carbocycles. The van der Waals surface area contributed by atoms with E-state index in [0.717, 1.165) is 0 Å². The first kappa shape index (κ1) is 16.8. The first-order valence-electron chi connectivity index (χ1n) is 10.3. The fourth-order valence-corrected chi connectivity index (χ4v) is 7.08. The highest BCUT2D eigenvalue weighted by Gasteiger charge is 2.12. The summed E-state index contributed by atoms with van der Waals surface area (Å²) in [6.45, 7) is 4.33. The van der Waals surface area contributed by atoms with E-state index in [1.54, 1.807) is 0 Å². The minimum absolute atomic E-state index is 1.32. The zero-order chi connectivity index (χ0) is 20.0. The molecule has 0 unspecified atom stereocenters. The van der Waals surface area contributed by atoms with Crippen molar-refractivity contribution in [2.45, 2.75) is 13.8 Å². The van der Waals surface area contributed by atoms with E-state index < -0.39 is 0 Å². The minimum atomic E-state index is 1.32. The molecule has 0 saturated carbocycles. The zero-order valence-corrected chi connectivity index (χ0v) is 18.4. The van der Waals surface area contributed by atoms with Crippen LogP contribution in [0.3, 0.4) is 0 Å². The van der Waals surface area contributed by atoms with E-state index in [1.807, 2.05) is 22.7 Å². The average molecular weight is 419 g/mol. The van der Waals surface area contributed by atoms with Crippen LogP contribution in [-0.4, -0.2) is 0 Å². The van der Waals surface area contributed by atoms with Gasteiger partial charge < -0.3 is 0 Å². The van der Waals surface area contributed by atoms with Crippen LogP contribution in [0.15, 0.2) is 72.8 Å². The lowest BCUT2D eigenvalue weighted by Crippen LogP contribution is -1.76. The van der Waals surface area contributed by atoms with Gasteiger partial charge in [-0.1, -0.05) is 47.5 Å². The molecular weight excluding hydrogens is 400 g/mol. The molecule has 30 heavy (non-hydrogen) atoms. The summed E-state index contributed by atoms with van der Waals surface area (Å²) in [5.74, 6) is 0. The molecule has 0 radical (unpaired) electrons. The van der Waals surface area contributed by atoms with Gasteiger partial charge in [-0.25, -0.2) is 0 Å². The molecule has 0 nitrogen and oxygen atoms in total. The second kappa shape index (κ2) is 5.81. The van der Waals surface area contributed by atoms with Gasteiger partial charge in [0, 0.05) is 40.3 Å². The summed E-state index contributed by atoms with van der Waals surface area (Å²) < 4.78 is 5.53. The van der Waals surface area contributed by atoms with Crippen LogP contribution in [0, 0.1) is 13.8 Å². The van der Waals surface area contributed by atoms with Crippen molar-refractivity contribution < 1.29 is 0 Å². The Morgan fingerprint density at radius 1 is 0.400 bits per heavy atom. The number of aryl methyl sites for hydroxylation is 2. The molecule has 2 aromatic heterocycles. The minimum Gasteiger partial charge on any atom is -0.135 e. The Morgan fingerprint density at radius 2 is 0.800 bits per heavy atom. The zero-order valence-electron chi connectivity index (χ0n) is 16.7. The molecule has 0 atom stereocenters. The van der Waals surface area contributed by atoms with Gasteiger partial charge >= 0.3 is 0 Å². The first-order valence-corrected chi connectivity index (χ1v) is 11.9. The Morgan fingerprint density at radius 3 is 1.27 bits per heavy atom. The standard InChI is InChI=1S/C28H18S2/c1-15-3-5-17-9-21-23-13-28-24(14-27(23)29-25(21)11-19(17)7-15)22-10-18-6-4-16(2)8-20(18)12-26(22)30-28/h3-14H,1-2H3. The molecule has 0 aliphatic carbocycles. The third-order valence-electron chi connectivity index (χ3n) is 6.29. The van der Waals surface area contributed by atoms with Gasteiger partial charge in [-0.05, 0) is 71.8 Å². The topological polar surface area (TPSA) is 0 Å². The number of thiophene rings is 2. The third kappa shape index (κ3) is 2.32. The molecule has 0 N–H and O–H groups in total. The maximum absolute atomic E-state index is 2.42. The van der Waals surface area contributed by atoms with Gasteiger partial charge in [-0.2, -0.15) is 0 Å². The Kier molecular flexibility index (Phi) is 3.26. The predicted molar refractivity (Wildman–Crippen MR) is 137 cm³/mol. The van der Waals surface area contributed by atoms with Crippen molar-refractivity contribution in [3.05, 3.63) is 83.9 Å². The van der Waals surface area contributed by atoms with Gasteiger partial charge in [0.05, 0.1) is 0 Å². The van der Waals surface area contributed by atoms with Crippen molar-refractivity contribution in [1.82, 2.24) is 0 Å². The van der Waals surface area contributed by atoms with Crippen LogP contribution in [0.25, 0.3) is 61.9 Å². The Hall–Kier alpha value is -2.94. The molecule has 0 bridgehead atoms. The van der Waals surface area contributed by atoms with E-state index >= 15 is 0 Å². The van der Waals surface area contributed by atoms with Crippen LogP contribution in [-0.2, 0) is 0 Å². The van der Waals surface area contributed by atoms with Crippen molar-refractivity contribution in [2.75, 3.05) is 0 Å². The Balaban J connectivity index is 1.58. The molecule has 0 saturated heterocycles. The highest BCUT2D eigenvalue weighted by Crippen LogP contribution is 2.43. The second-order valence-corrected chi connectivity index (χ2v) is 10.6. The molecule has 0 aliphatic rings. The lowest BCUT2D eigenvalue weighted by atomic mass is 10.0. The van der Waals surface area contributed by atoms with Gasteiger partial charge in [-0.15, -0.1) is 22.7 Å². The number of hydrogen-bond acceptors (Lipinski definition) is 2. The molecule has 2 heteroatoms. The molecular formula is C28H18S2. The van der Waals surface area contributed by atoms with Crippen molar-refractivity contribution in [1.29, 1.82) is 0 Å². The molecule has 0 fully saturated rings. The summed E-state index contributed by atoms with van der Waals surface area (Å²) in [6.07, 6.45) is 0. The van der Waals surface area contributed by atoms with Crippen LogP contribution >= 0.6 is 22.7 Å². The van der Waals surface area contributed by atoms with Gasteiger partial charge in [0.15, 0.2) is 0 Å². The summed E-state index contributed by atoms with van der Waals surface area (Å²) in [6, 6.07) is 27.8. The Bertz CT molecular complexity index is 1680. The van der Waals surface area contributed by atoms with Crippen LogP contribution in [0.4, 0.5) is 0 Å². The smallest absolute Gasteiger partial charge is 0.0362 e. The molecule has 142 valence electrons. The highest BCUT2D eigenvalue weighted by atomic mass is 32.1. The van der Waals surface area contributed by atoms with Crippen molar-refractivity contribution in [3.63, 3.8) is 0 Å². The molecule has 0 amide bonds. The first-order chi connectivity index (χ1) is 14.6. The third-order valence-corrected chi connectivity index (χ3v) is 8.52. The molecule has 7 aromatic rings. The van der Waals surface area contributed by atoms with Crippen LogP contribution < -0.4 is 0 Å². The Labute approximate surface area is 182 Å². The molecule has 2 heterocycles. The van der Waals surface area contributed by atoms with Crippen LogP contribution in [0.1, 0.15) is 11.1 Å². The molecule has 0 aliphatic heterocycles. The monoisotopic (exact) mass is 418 g/mol. The number of benzene rings is 5. The van der Waals surface area contributed by atoms with Crippen molar-refractivity contribution in [2.24, 2.45) is 0 Å². The van der Waals surface area contributed by atoms with E-state index in [1.165, 1.54) is 73.0 Å². The van der Waals surface area contributed by atoms with E-state index in [9.17, 15) is 0 Å². The van der Waals surface area contributed by atoms with E-state index in [2.05, 4.69) is 86.6 Å². The summed E-state index contributed by atoms with van der Waals surface area (Å²) in [7, 11) is 0. The van der Waals surface area contributed by atoms with Gasteiger partial charge in [0.25, 0.3) is 0 Å². The van der Waals surface area contributed by atoms with E-state index in [0.29, 0.717) is 0 Å².